The van der Waals surface area contributed by atoms with Crippen molar-refractivity contribution in [1.82, 2.24) is 0 Å². The Hall–Kier alpha value is -2.44. The summed E-state index contributed by atoms with van der Waals surface area (Å²) in [7, 11) is 0. The van der Waals surface area contributed by atoms with Crippen molar-refractivity contribution in [3.05, 3.63) is 46.4 Å². The molecular weight excluding hydrogens is 427 g/mol. The minimum absolute atomic E-state index is 0.00170. The zero-order chi connectivity index (χ0) is 21.7. The molecular formula is C22H24Cl2N2O4. The zero-order valence-corrected chi connectivity index (χ0v) is 18.4. The molecule has 3 rings (SSSR count). The van der Waals surface area contributed by atoms with Crippen LogP contribution in [0.3, 0.4) is 0 Å². The first kappa shape index (κ1) is 22.2. The van der Waals surface area contributed by atoms with Gasteiger partial charge in [-0.25, -0.2) is 0 Å². The van der Waals surface area contributed by atoms with Crippen LogP contribution in [-0.4, -0.2) is 31.6 Å². The van der Waals surface area contributed by atoms with Gasteiger partial charge in [0.15, 0.2) is 6.61 Å². The van der Waals surface area contributed by atoms with Crippen LogP contribution >= 0.6 is 23.2 Å². The molecule has 2 aromatic carbocycles. The normalized spacial score (nSPS) is 13.1. The molecule has 8 heteroatoms. The molecule has 1 aliphatic rings. The van der Waals surface area contributed by atoms with Gasteiger partial charge in [-0.2, -0.15) is 0 Å². The summed E-state index contributed by atoms with van der Waals surface area (Å²) < 4.78 is 11.1. The molecule has 2 amide bonds. The molecule has 30 heavy (non-hydrogen) atoms. The predicted molar refractivity (Wildman–Crippen MR) is 119 cm³/mol. The Balaban J connectivity index is 1.51. The second-order valence-electron chi connectivity index (χ2n) is 7.44. The Labute approximate surface area is 186 Å². The third kappa shape index (κ3) is 5.80. The monoisotopic (exact) mass is 450 g/mol. The summed E-state index contributed by atoms with van der Waals surface area (Å²) in [5, 5.41) is 3.83. The summed E-state index contributed by atoms with van der Waals surface area (Å²) >= 11 is 11.9. The Morgan fingerprint density at radius 1 is 1.23 bits per heavy atom. The van der Waals surface area contributed by atoms with Gasteiger partial charge in [-0.15, -0.1) is 0 Å². The van der Waals surface area contributed by atoms with Crippen molar-refractivity contribution >= 4 is 46.4 Å². The van der Waals surface area contributed by atoms with Crippen LogP contribution in [0, 0.1) is 5.92 Å². The fourth-order valence-corrected chi connectivity index (χ4v) is 3.54. The van der Waals surface area contributed by atoms with Crippen LogP contribution in [-0.2, 0) is 9.59 Å². The fourth-order valence-electron chi connectivity index (χ4n) is 3.08. The summed E-state index contributed by atoms with van der Waals surface area (Å²) in [4.78, 5) is 26.1. The lowest BCUT2D eigenvalue weighted by Crippen LogP contribution is -2.40. The maximum Gasteiger partial charge on any atom is 0.265 e. The second kappa shape index (κ2) is 10.0. The Morgan fingerprint density at radius 3 is 2.77 bits per heavy atom. The van der Waals surface area contributed by atoms with Crippen molar-refractivity contribution in [2.45, 2.75) is 26.7 Å². The number of nitrogens with one attached hydrogen (secondary N) is 1. The summed E-state index contributed by atoms with van der Waals surface area (Å²) in [5.74, 6) is 1.27. The number of carbonyl (C=O) groups excluding carboxylic acids is 2. The molecule has 0 spiro atoms. The lowest BCUT2D eigenvalue weighted by atomic mass is 10.1. The van der Waals surface area contributed by atoms with Crippen LogP contribution in [0.25, 0.3) is 0 Å². The molecule has 0 saturated heterocycles. The average Bonchev–Trinajstić information content (AvgIpc) is 2.68. The van der Waals surface area contributed by atoms with Gasteiger partial charge in [-0.1, -0.05) is 37.0 Å². The maximum absolute atomic E-state index is 12.2. The Morgan fingerprint density at radius 2 is 2.03 bits per heavy atom. The number of anilines is 2. The number of fused-ring (bicyclic) bond motifs is 1. The van der Waals surface area contributed by atoms with Gasteiger partial charge in [-0.3, -0.25) is 9.59 Å². The highest BCUT2D eigenvalue weighted by molar-refractivity contribution is 6.35. The van der Waals surface area contributed by atoms with Crippen LogP contribution in [0.4, 0.5) is 11.4 Å². The van der Waals surface area contributed by atoms with Crippen molar-refractivity contribution in [1.29, 1.82) is 0 Å². The van der Waals surface area contributed by atoms with E-state index in [9.17, 15) is 9.59 Å². The number of carbonyl (C=O) groups is 2. The van der Waals surface area contributed by atoms with Crippen LogP contribution in [0.5, 0.6) is 11.5 Å². The Kier molecular flexibility index (Phi) is 7.45. The molecule has 0 aliphatic carbocycles. The van der Waals surface area contributed by atoms with Crippen molar-refractivity contribution in [2.75, 3.05) is 30.0 Å². The third-order valence-corrected chi connectivity index (χ3v) is 4.96. The topological polar surface area (TPSA) is 67.9 Å². The van der Waals surface area contributed by atoms with E-state index in [-0.39, 0.29) is 18.4 Å². The smallest absolute Gasteiger partial charge is 0.265 e. The van der Waals surface area contributed by atoms with E-state index in [1.807, 2.05) is 0 Å². The molecule has 0 unspecified atom stereocenters. The molecule has 0 saturated carbocycles. The molecule has 1 aliphatic heterocycles. The second-order valence-corrected chi connectivity index (χ2v) is 8.29. The Bertz CT molecular complexity index is 933. The van der Waals surface area contributed by atoms with Crippen LogP contribution in [0.15, 0.2) is 36.4 Å². The number of hydrogen-bond donors (Lipinski definition) is 1. The van der Waals surface area contributed by atoms with Crippen LogP contribution < -0.4 is 19.7 Å². The van der Waals surface area contributed by atoms with E-state index in [0.29, 0.717) is 59.1 Å². The van der Waals surface area contributed by atoms with E-state index < -0.39 is 0 Å². The summed E-state index contributed by atoms with van der Waals surface area (Å²) in [6, 6.07) is 10.3. The molecule has 160 valence electrons. The molecule has 0 radical (unpaired) electrons. The van der Waals surface area contributed by atoms with Crippen molar-refractivity contribution in [3.8, 4) is 11.5 Å². The summed E-state index contributed by atoms with van der Waals surface area (Å²) in [5.41, 5.74) is 1.35. The van der Waals surface area contributed by atoms with E-state index >= 15 is 0 Å². The van der Waals surface area contributed by atoms with E-state index in [4.69, 9.17) is 32.7 Å². The first-order valence-electron chi connectivity index (χ1n) is 9.78. The minimum atomic E-state index is -0.133. The standard InChI is InChI=1S/C22H24Cl2N2O4/c1-14(2)12-26-18-7-6-16(11-20(18)30-13-22(26)28)25-21(27)4-3-9-29-19-8-5-15(23)10-17(19)24/h5-8,10-11,14H,3-4,9,12-13H2,1-2H3,(H,25,27). The van der Waals surface area contributed by atoms with Crippen molar-refractivity contribution < 1.29 is 19.1 Å². The number of hydrogen-bond acceptors (Lipinski definition) is 4. The lowest BCUT2D eigenvalue weighted by molar-refractivity contribution is -0.121. The van der Waals surface area contributed by atoms with Gasteiger partial charge in [0.05, 0.1) is 17.3 Å². The summed E-state index contributed by atoms with van der Waals surface area (Å²) in [6.07, 6.45) is 0.823. The molecule has 0 bridgehead atoms. The van der Waals surface area contributed by atoms with Gasteiger partial charge < -0.3 is 19.7 Å². The van der Waals surface area contributed by atoms with Crippen LogP contribution in [0.1, 0.15) is 26.7 Å². The van der Waals surface area contributed by atoms with Gasteiger partial charge in [0.25, 0.3) is 5.91 Å². The highest BCUT2D eigenvalue weighted by Gasteiger charge is 2.26. The van der Waals surface area contributed by atoms with Gasteiger partial charge in [-0.05, 0) is 42.7 Å². The van der Waals surface area contributed by atoms with Gasteiger partial charge in [0.1, 0.15) is 11.5 Å². The third-order valence-electron chi connectivity index (χ3n) is 4.43. The van der Waals surface area contributed by atoms with Crippen molar-refractivity contribution in [2.24, 2.45) is 5.92 Å². The molecule has 1 heterocycles. The molecule has 0 fully saturated rings. The van der Waals surface area contributed by atoms with Gasteiger partial charge in [0, 0.05) is 29.7 Å². The summed E-state index contributed by atoms with van der Waals surface area (Å²) in [6.45, 7) is 5.10. The van der Waals surface area contributed by atoms with E-state index in [1.165, 1.54) is 0 Å². The van der Waals surface area contributed by atoms with E-state index in [1.54, 1.807) is 41.3 Å². The fraction of sp³-hybridized carbons (Fsp3) is 0.364. The average molecular weight is 451 g/mol. The SMILES string of the molecule is CC(C)CN1C(=O)COc2cc(NC(=O)CCCOc3ccc(Cl)cc3Cl)ccc21. The number of nitrogens with zero attached hydrogens (tertiary/aromatic N) is 1. The number of halogens is 2. The quantitative estimate of drug-likeness (QED) is 0.563. The molecule has 0 atom stereocenters. The highest BCUT2D eigenvalue weighted by atomic mass is 35.5. The van der Waals surface area contributed by atoms with Gasteiger partial charge >= 0.3 is 0 Å². The zero-order valence-electron chi connectivity index (χ0n) is 16.9. The molecule has 2 aromatic rings. The van der Waals surface area contributed by atoms with E-state index in [0.717, 1.165) is 5.69 Å². The number of amides is 2. The number of benzene rings is 2. The first-order chi connectivity index (χ1) is 14.3. The van der Waals surface area contributed by atoms with Crippen molar-refractivity contribution in [3.63, 3.8) is 0 Å². The largest absolute Gasteiger partial charge is 0.492 e. The first-order valence-corrected chi connectivity index (χ1v) is 10.5. The molecule has 6 nitrogen and oxygen atoms in total. The highest BCUT2D eigenvalue weighted by Crippen LogP contribution is 2.35. The number of ether oxygens (including phenoxy) is 2. The van der Waals surface area contributed by atoms with Gasteiger partial charge in [0.2, 0.25) is 5.91 Å². The number of rotatable bonds is 8. The maximum atomic E-state index is 12.2. The molecule has 0 aromatic heterocycles. The van der Waals surface area contributed by atoms with Crippen LogP contribution in [0.2, 0.25) is 10.0 Å². The van der Waals surface area contributed by atoms with E-state index in [2.05, 4.69) is 19.2 Å². The molecule has 1 N–H and O–H groups in total. The minimum Gasteiger partial charge on any atom is -0.492 e. The predicted octanol–water partition coefficient (Wildman–Crippen LogP) is 5.17. The lowest BCUT2D eigenvalue weighted by Gasteiger charge is -2.31.